The maximum absolute atomic E-state index is 12.2. The van der Waals surface area contributed by atoms with E-state index in [1.165, 1.54) is 17.5 Å². The highest BCUT2D eigenvalue weighted by Crippen LogP contribution is 2.25. The van der Waals surface area contributed by atoms with Gasteiger partial charge in [0.2, 0.25) is 11.8 Å². The van der Waals surface area contributed by atoms with E-state index in [1.54, 1.807) is 4.90 Å². The average molecular weight is 346 g/mol. The summed E-state index contributed by atoms with van der Waals surface area (Å²) in [6.07, 6.45) is 1.24. The Balaban J connectivity index is 2.01. The quantitative estimate of drug-likeness (QED) is 0.821. The van der Waals surface area contributed by atoms with Gasteiger partial charge in [0.15, 0.2) is 0 Å². The van der Waals surface area contributed by atoms with E-state index >= 15 is 0 Å². The minimum Gasteiger partial charge on any atom is -0.480 e. The molecular formula is C19H26N2O4. The molecule has 136 valence electrons. The Bertz CT molecular complexity index is 639. The highest BCUT2D eigenvalue weighted by atomic mass is 16.4. The van der Waals surface area contributed by atoms with E-state index in [2.05, 4.69) is 26.0 Å². The molecule has 1 atom stereocenters. The van der Waals surface area contributed by atoms with Crippen LogP contribution in [0.15, 0.2) is 24.3 Å². The van der Waals surface area contributed by atoms with Crippen LogP contribution >= 0.6 is 0 Å². The first-order valence-corrected chi connectivity index (χ1v) is 8.62. The number of carbonyl (C=O) groups is 3. The van der Waals surface area contributed by atoms with Gasteiger partial charge in [-0.2, -0.15) is 0 Å². The van der Waals surface area contributed by atoms with Crippen molar-refractivity contribution < 1.29 is 19.5 Å². The number of aliphatic carboxylic acids is 1. The van der Waals surface area contributed by atoms with Crippen molar-refractivity contribution in [2.45, 2.75) is 51.6 Å². The van der Waals surface area contributed by atoms with E-state index in [4.69, 9.17) is 5.11 Å². The first-order chi connectivity index (χ1) is 11.8. The van der Waals surface area contributed by atoms with Gasteiger partial charge < -0.3 is 14.9 Å². The van der Waals surface area contributed by atoms with Crippen LogP contribution in [0.2, 0.25) is 0 Å². The Hall–Kier alpha value is -2.37. The molecule has 1 heterocycles. The molecule has 25 heavy (non-hydrogen) atoms. The summed E-state index contributed by atoms with van der Waals surface area (Å²) >= 11 is 0. The zero-order valence-corrected chi connectivity index (χ0v) is 15.1. The normalized spacial score (nSPS) is 17.2. The summed E-state index contributed by atoms with van der Waals surface area (Å²) in [5.74, 6) is -0.785. The van der Waals surface area contributed by atoms with Gasteiger partial charge in [-0.05, 0) is 23.5 Å². The van der Waals surface area contributed by atoms with Gasteiger partial charge in [-0.3, -0.25) is 14.4 Å². The molecule has 0 aromatic heterocycles. The van der Waals surface area contributed by atoms with Gasteiger partial charge >= 0.3 is 5.97 Å². The van der Waals surface area contributed by atoms with Crippen LogP contribution in [0.1, 0.15) is 50.2 Å². The Morgan fingerprint density at radius 2 is 1.92 bits per heavy atom. The molecule has 0 aliphatic carbocycles. The van der Waals surface area contributed by atoms with Gasteiger partial charge in [-0.25, -0.2) is 0 Å². The average Bonchev–Trinajstić information content (AvgIpc) is 2.88. The second kappa shape index (κ2) is 8.14. The van der Waals surface area contributed by atoms with Crippen LogP contribution in [0.5, 0.6) is 0 Å². The molecule has 6 nitrogen and oxygen atoms in total. The van der Waals surface area contributed by atoms with Crippen molar-refractivity contribution in [2.75, 3.05) is 13.6 Å². The number of likely N-dealkylation sites (N-methyl/N-ethyl adjacent to an activating group) is 1. The SMILES string of the molecule is CC(C)c1ccc(CN2C(=O)CCC2CC(=O)N(C)CC(=O)O)cc1. The molecule has 2 amide bonds. The van der Waals surface area contributed by atoms with Crippen molar-refractivity contribution in [1.82, 2.24) is 9.80 Å². The smallest absolute Gasteiger partial charge is 0.323 e. The fourth-order valence-electron chi connectivity index (χ4n) is 3.08. The van der Waals surface area contributed by atoms with E-state index < -0.39 is 5.97 Å². The summed E-state index contributed by atoms with van der Waals surface area (Å²) in [6.45, 7) is 4.43. The predicted octanol–water partition coefficient (Wildman–Crippen LogP) is 2.23. The van der Waals surface area contributed by atoms with E-state index in [0.29, 0.717) is 25.3 Å². The van der Waals surface area contributed by atoms with Gasteiger partial charge in [0.1, 0.15) is 6.54 Å². The third-order valence-corrected chi connectivity index (χ3v) is 4.66. The topological polar surface area (TPSA) is 77.9 Å². The lowest BCUT2D eigenvalue weighted by Gasteiger charge is -2.26. The number of rotatable bonds is 7. The lowest BCUT2D eigenvalue weighted by atomic mass is 10.0. The molecule has 1 saturated heterocycles. The molecule has 1 aromatic carbocycles. The Morgan fingerprint density at radius 3 is 2.48 bits per heavy atom. The number of likely N-dealkylation sites (tertiary alicyclic amines) is 1. The summed E-state index contributed by atoms with van der Waals surface area (Å²) in [5.41, 5.74) is 2.29. The molecule has 1 N–H and O–H groups in total. The molecule has 1 aliphatic heterocycles. The third-order valence-electron chi connectivity index (χ3n) is 4.66. The number of carboxylic acids is 1. The van der Waals surface area contributed by atoms with Crippen LogP contribution in [0.4, 0.5) is 0 Å². The summed E-state index contributed by atoms with van der Waals surface area (Å²) in [5, 5.41) is 8.79. The van der Waals surface area contributed by atoms with E-state index in [0.717, 1.165) is 5.56 Å². The van der Waals surface area contributed by atoms with Crippen molar-refractivity contribution >= 4 is 17.8 Å². The molecule has 1 aromatic rings. The number of hydrogen-bond acceptors (Lipinski definition) is 3. The van der Waals surface area contributed by atoms with E-state index in [-0.39, 0.29) is 30.8 Å². The van der Waals surface area contributed by atoms with Crippen molar-refractivity contribution in [3.63, 3.8) is 0 Å². The van der Waals surface area contributed by atoms with Crippen LogP contribution in [-0.2, 0) is 20.9 Å². The molecule has 0 saturated carbocycles. The van der Waals surface area contributed by atoms with Gasteiger partial charge in [-0.15, -0.1) is 0 Å². The minimum atomic E-state index is -1.04. The summed E-state index contributed by atoms with van der Waals surface area (Å²) in [7, 11) is 1.47. The van der Waals surface area contributed by atoms with Crippen LogP contribution < -0.4 is 0 Å². The minimum absolute atomic E-state index is 0.0478. The largest absolute Gasteiger partial charge is 0.480 e. The Morgan fingerprint density at radius 1 is 1.28 bits per heavy atom. The second-order valence-electron chi connectivity index (χ2n) is 6.96. The summed E-state index contributed by atoms with van der Waals surface area (Å²) in [6, 6.07) is 8.02. The first kappa shape index (κ1) is 19.0. The van der Waals surface area contributed by atoms with Crippen LogP contribution in [0, 0.1) is 0 Å². The van der Waals surface area contributed by atoms with Crippen LogP contribution in [0.25, 0.3) is 0 Å². The second-order valence-corrected chi connectivity index (χ2v) is 6.96. The fourth-order valence-corrected chi connectivity index (χ4v) is 3.08. The number of hydrogen-bond donors (Lipinski definition) is 1. The third kappa shape index (κ3) is 5.05. The monoisotopic (exact) mass is 346 g/mol. The van der Waals surface area contributed by atoms with E-state index in [1.807, 2.05) is 12.1 Å². The van der Waals surface area contributed by atoms with Crippen molar-refractivity contribution in [1.29, 1.82) is 0 Å². The maximum Gasteiger partial charge on any atom is 0.323 e. The molecule has 0 bridgehead atoms. The highest BCUT2D eigenvalue weighted by Gasteiger charge is 2.33. The van der Waals surface area contributed by atoms with Crippen molar-refractivity contribution in [2.24, 2.45) is 0 Å². The maximum atomic E-state index is 12.2. The number of nitrogens with zero attached hydrogens (tertiary/aromatic N) is 2. The standard InChI is InChI=1S/C19H26N2O4/c1-13(2)15-6-4-14(5-7-15)11-21-16(8-9-17(21)22)10-18(23)20(3)12-19(24)25/h4-7,13,16H,8-12H2,1-3H3,(H,24,25). The zero-order chi connectivity index (χ0) is 18.6. The molecule has 0 radical (unpaired) electrons. The molecule has 1 fully saturated rings. The lowest BCUT2D eigenvalue weighted by molar-refractivity contribution is -0.144. The van der Waals surface area contributed by atoms with Crippen molar-refractivity contribution in [3.8, 4) is 0 Å². The summed E-state index contributed by atoms with van der Waals surface area (Å²) < 4.78 is 0. The molecule has 6 heteroatoms. The number of carbonyl (C=O) groups excluding carboxylic acids is 2. The Kier molecular flexibility index (Phi) is 6.17. The van der Waals surface area contributed by atoms with Gasteiger partial charge in [-0.1, -0.05) is 38.1 Å². The lowest BCUT2D eigenvalue weighted by Crippen LogP contribution is -2.39. The molecule has 2 rings (SSSR count). The van der Waals surface area contributed by atoms with Gasteiger partial charge in [0.05, 0.1) is 0 Å². The number of amides is 2. The van der Waals surface area contributed by atoms with Crippen LogP contribution in [0.3, 0.4) is 0 Å². The van der Waals surface area contributed by atoms with Crippen LogP contribution in [-0.4, -0.2) is 52.3 Å². The Labute approximate surface area is 148 Å². The highest BCUT2D eigenvalue weighted by molar-refractivity contribution is 5.84. The van der Waals surface area contributed by atoms with Gasteiger partial charge in [0.25, 0.3) is 0 Å². The van der Waals surface area contributed by atoms with E-state index in [9.17, 15) is 14.4 Å². The predicted molar refractivity (Wildman–Crippen MR) is 94.0 cm³/mol. The fraction of sp³-hybridized carbons (Fsp3) is 0.526. The molecule has 0 spiro atoms. The first-order valence-electron chi connectivity index (χ1n) is 8.62. The van der Waals surface area contributed by atoms with Gasteiger partial charge in [0, 0.05) is 32.5 Å². The molecule has 1 aliphatic rings. The number of carboxylic acid groups (broad SMARTS) is 1. The molecule has 1 unspecified atom stereocenters. The number of benzene rings is 1. The summed E-state index contributed by atoms with van der Waals surface area (Å²) in [4.78, 5) is 38.1. The van der Waals surface area contributed by atoms with Crippen molar-refractivity contribution in [3.05, 3.63) is 35.4 Å². The molecular weight excluding hydrogens is 320 g/mol. The zero-order valence-electron chi connectivity index (χ0n) is 15.1.